The van der Waals surface area contributed by atoms with Crippen molar-refractivity contribution in [2.45, 2.75) is 44.6 Å². The van der Waals surface area contributed by atoms with Gasteiger partial charge in [0.2, 0.25) is 5.89 Å². The van der Waals surface area contributed by atoms with Gasteiger partial charge in [0.1, 0.15) is 0 Å². The van der Waals surface area contributed by atoms with Crippen molar-refractivity contribution in [1.29, 1.82) is 0 Å². The van der Waals surface area contributed by atoms with Crippen LogP contribution in [-0.2, 0) is 12.8 Å². The van der Waals surface area contributed by atoms with Crippen LogP contribution in [-0.4, -0.2) is 16.2 Å². The fraction of sp³-hybridized carbons (Fsp3) is 0.500. The van der Waals surface area contributed by atoms with Crippen molar-refractivity contribution in [1.82, 2.24) is 10.1 Å². The Morgan fingerprint density at radius 3 is 2.67 bits per heavy atom. The molecule has 2 N–H and O–H groups in total. The van der Waals surface area contributed by atoms with E-state index in [9.17, 15) is 0 Å². The Bertz CT molecular complexity index is 575. The summed E-state index contributed by atoms with van der Waals surface area (Å²) in [5, 5.41) is 4.06. The Morgan fingerprint density at radius 1 is 1.24 bits per heavy atom. The van der Waals surface area contributed by atoms with E-state index in [1.54, 1.807) is 0 Å². The van der Waals surface area contributed by atoms with E-state index in [2.05, 4.69) is 38.2 Å². The zero-order valence-corrected chi connectivity index (χ0v) is 13.6. The lowest BCUT2D eigenvalue weighted by molar-refractivity contribution is 0.339. The number of hydrogen-bond acceptors (Lipinski definition) is 4. The molecule has 0 radical (unpaired) electrons. The molecule has 1 aliphatic rings. The van der Waals surface area contributed by atoms with Gasteiger partial charge in [-0.1, -0.05) is 46.1 Å². The summed E-state index contributed by atoms with van der Waals surface area (Å²) >= 11 is 3.43. The topological polar surface area (TPSA) is 64.9 Å². The lowest BCUT2D eigenvalue weighted by Gasteiger charge is -2.16. The van der Waals surface area contributed by atoms with Gasteiger partial charge in [-0.2, -0.15) is 4.98 Å². The first-order valence-electron chi connectivity index (χ1n) is 7.52. The van der Waals surface area contributed by atoms with Gasteiger partial charge in [0.05, 0.1) is 0 Å². The van der Waals surface area contributed by atoms with Crippen molar-refractivity contribution < 1.29 is 4.52 Å². The second-order valence-corrected chi connectivity index (χ2v) is 6.74. The summed E-state index contributed by atoms with van der Waals surface area (Å²) in [6, 6.07) is 8.31. The second-order valence-electron chi connectivity index (χ2n) is 5.82. The minimum absolute atomic E-state index is 0.147. The fourth-order valence-corrected chi connectivity index (χ4v) is 3.25. The molecule has 0 bridgehead atoms. The zero-order chi connectivity index (χ0) is 14.7. The smallest absolute Gasteiger partial charge is 0.228 e. The largest absolute Gasteiger partial charge is 0.339 e. The van der Waals surface area contributed by atoms with E-state index in [4.69, 9.17) is 10.3 Å². The van der Waals surface area contributed by atoms with Crippen LogP contribution >= 0.6 is 15.9 Å². The molecule has 4 nitrogen and oxygen atoms in total. The minimum Gasteiger partial charge on any atom is -0.339 e. The van der Waals surface area contributed by atoms with Crippen molar-refractivity contribution in [2.24, 2.45) is 11.7 Å². The van der Waals surface area contributed by atoms with E-state index in [0.717, 1.165) is 10.3 Å². The molecule has 112 valence electrons. The van der Waals surface area contributed by atoms with Crippen LogP contribution in [0.2, 0.25) is 0 Å². The van der Waals surface area contributed by atoms with Gasteiger partial charge in [-0.05, 0) is 36.5 Å². The first-order valence-corrected chi connectivity index (χ1v) is 8.31. The van der Waals surface area contributed by atoms with E-state index >= 15 is 0 Å². The highest BCUT2D eigenvalue weighted by Gasteiger charge is 2.24. The summed E-state index contributed by atoms with van der Waals surface area (Å²) in [5.74, 6) is 2.01. The molecule has 1 atom stereocenters. The van der Waals surface area contributed by atoms with Crippen molar-refractivity contribution in [3.63, 3.8) is 0 Å². The van der Waals surface area contributed by atoms with Crippen molar-refractivity contribution in [3.8, 4) is 0 Å². The van der Waals surface area contributed by atoms with Crippen molar-refractivity contribution >= 4 is 15.9 Å². The highest BCUT2D eigenvalue weighted by molar-refractivity contribution is 9.10. The highest BCUT2D eigenvalue weighted by Crippen LogP contribution is 2.28. The quantitative estimate of drug-likeness (QED) is 0.897. The molecule has 1 saturated carbocycles. The number of nitrogens with two attached hydrogens (primary N) is 1. The number of rotatable bonds is 5. The molecule has 1 aromatic carbocycles. The molecule has 2 aromatic rings. The second kappa shape index (κ2) is 6.71. The summed E-state index contributed by atoms with van der Waals surface area (Å²) in [6.07, 6.45) is 6.46. The molecular weight excluding hydrogens is 330 g/mol. The molecular formula is C16H20BrN3O. The monoisotopic (exact) mass is 349 g/mol. The first kappa shape index (κ1) is 14.7. The summed E-state index contributed by atoms with van der Waals surface area (Å²) < 4.78 is 6.41. The van der Waals surface area contributed by atoms with Gasteiger partial charge in [0, 0.05) is 23.4 Å². The van der Waals surface area contributed by atoms with Gasteiger partial charge in [0.25, 0.3) is 0 Å². The van der Waals surface area contributed by atoms with Crippen LogP contribution in [0.15, 0.2) is 33.3 Å². The van der Waals surface area contributed by atoms with Crippen LogP contribution in [0, 0.1) is 5.92 Å². The van der Waals surface area contributed by atoms with E-state index < -0.39 is 0 Å². The molecule has 0 amide bonds. The van der Waals surface area contributed by atoms with E-state index in [-0.39, 0.29) is 6.04 Å². The van der Waals surface area contributed by atoms with E-state index in [0.29, 0.717) is 24.7 Å². The lowest BCUT2D eigenvalue weighted by atomic mass is 9.96. The van der Waals surface area contributed by atoms with E-state index in [1.807, 2.05) is 12.1 Å². The molecule has 5 heteroatoms. The van der Waals surface area contributed by atoms with Crippen LogP contribution in [0.3, 0.4) is 0 Å². The molecule has 0 aliphatic heterocycles. The number of aromatic nitrogens is 2. The molecule has 1 aromatic heterocycles. The number of halogens is 1. The molecule has 1 unspecified atom stereocenters. The predicted octanol–water partition coefficient (Wildman–Crippen LogP) is 3.48. The summed E-state index contributed by atoms with van der Waals surface area (Å²) in [6.45, 7) is 0. The third kappa shape index (κ3) is 3.92. The Balaban J connectivity index is 1.59. The predicted molar refractivity (Wildman–Crippen MR) is 84.9 cm³/mol. The van der Waals surface area contributed by atoms with Crippen LogP contribution < -0.4 is 5.73 Å². The summed E-state index contributed by atoms with van der Waals surface area (Å²) in [4.78, 5) is 4.47. The third-order valence-electron chi connectivity index (χ3n) is 4.20. The Morgan fingerprint density at radius 2 is 1.95 bits per heavy atom. The van der Waals surface area contributed by atoms with Crippen LogP contribution in [0.25, 0.3) is 0 Å². The van der Waals surface area contributed by atoms with Gasteiger partial charge in [-0.15, -0.1) is 0 Å². The molecule has 1 aliphatic carbocycles. The van der Waals surface area contributed by atoms with Crippen LogP contribution in [0.4, 0.5) is 0 Å². The number of hydrogen-bond donors (Lipinski definition) is 1. The molecule has 1 heterocycles. The number of benzene rings is 1. The summed E-state index contributed by atoms with van der Waals surface area (Å²) in [5.41, 5.74) is 7.43. The van der Waals surface area contributed by atoms with Crippen LogP contribution in [0.1, 0.15) is 43.0 Å². The zero-order valence-electron chi connectivity index (χ0n) is 12.0. The van der Waals surface area contributed by atoms with Gasteiger partial charge < -0.3 is 10.3 Å². The van der Waals surface area contributed by atoms with Gasteiger partial charge in [-0.3, -0.25) is 0 Å². The average Bonchev–Trinajstić information content (AvgIpc) is 3.13. The van der Waals surface area contributed by atoms with E-state index in [1.165, 1.54) is 31.2 Å². The Labute approximate surface area is 133 Å². The Hall–Kier alpha value is -1.20. The molecule has 3 rings (SSSR count). The summed E-state index contributed by atoms with van der Waals surface area (Å²) in [7, 11) is 0. The van der Waals surface area contributed by atoms with Crippen molar-refractivity contribution in [3.05, 3.63) is 46.0 Å². The minimum atomic E-state index is 0.147. The maximum atomic E-state index is 6.26. The van der Waals surface area contributed by atoms with Gasteiger partial charge in [-0.25, -0.2) is 0 Å². The maximum absolute atomic E-state index is 6.26. The van der Waals surface area contributed by atoms with Gasteiger partial charge in [0.15, 0.2) is 5.82 Å². The first-order chi connectivity index (χ1) is 10.2. The average molecular weight is 350 g/mol. The van der Waals surface area contributed by atoms with Crippen molar-refractivity contribution in [2.75, 3.05) is 0 Å². The SMILES string of the molecule is NC(Cc1nc(Cc2ccc(Br)cc2)no1)C1CCCC1. The van der Waals surface area contributed by atoms with Gasteiger partial charge >= 0.3 is 0 Å². The Kier molecular flexibility index (Phi) is 4.70. The lowest BCUT2D eigenvalue weighted by Crippen LogP contribution is -2.30. The standard InChI is InChI=1S/C16H20BrN3O/c17-13-7-5-11(6-8-13)9-15-19-16(21-20-15)10-14(18)12-3-1-2-4-12/h5-8,12,14H,1-4,9-10,18H2. The normalized spacial score (nSPS) is 17.2. The fourth-order valence-electron chi connectivity index (χ4n) is 2.98. The van der Waals surface area contributed by atoms with Crippen LogP contribution in [0.5, 0.6) is 0 Å². The molecule has 21 heavy (non-hydrogen) atoms. The number of nitrogens with zero attached hydrogens (tertiary/aromatic N) is 2. The molecule has 0 spiro atoms. The molecule has 0 saturated heterocycles. The third-order valence-corrected chi connectivity index (χ3v) is 4.73. The highest BCUT2D eigenvalue weighted by atomic mass is 79.9. The molecule has 1 fully saturated rings. The maximum Gasteiger partial charge on any atom is 0.228 e.